The van der Waals surface area contributed by atoms with Gasteiger partial charge in [0.1, 0.15) is 11.5 Å². The lowest BCUT2D eigenvalue weighted by Crippen LogP contribution is -2.34. The number of fused-ring (bicyclic) bond motifs is 1. The highest BCUT2D eigenvalue weighted by Crippen LogP contribution is 2.35. The number of benzene rings is 2. The Balaban J connectivity index is 1.33. The maximum atomic E-state index is 11.5. The van der Waals surface area contributed by atoms with Crippen LogP contribution >= 0.6 is 0 Å². The number of carbonyl (C=O) groups is 1. The lowest BCUT2D eigenvalue weighted by Gasteiger charge is -2.35. The molecular weight excluding hydrogens is 520 g/mol. The molecule has 0 saturated heterocycles. The zero-order valence-corrected chi connectivity index (χ0v) is 23.8. The van der Waals surface area contributed by atoms with Crippen LogP contribution < -0.4 is 9.47 Å². The highest BCUT2D eigenvalue weighted by Gasteiger charge is 2.29. The van der Waals surface area contributed by atoms with Crippen LogP contribution in [0.4, 0.5) is 0 Å². The van der Waals surface area contributed by atoms with Gasteiger partial charge >= 0.3 is 5.97 Å². The topological polar surface area (TPSA) is 104 Å². The molecule has 2 heterocycles. The van der Waals surface area contributed by atoms with Crippen molar-refractivity contribution in [1.29, 1.82) is 0 Å². The molecule has 8 heteroatoms. The van der Waals surface area contributed by atoms with Crippen molar-refractivity contribution in [1.82, 2.24) is 9.47 Å². The molecular formula is C33H40N2O6. The maximum Gasteiger partial charge on any atom is 0.306 e. The van der Waals surface area contributed by atoms with E-state index in [0.29, 0.717) is 12.5 Å². The Morgan fingerprint density at radius 1 is 1.10 bits per heavy atom. The molecule has 0 amide bonds. The Hall–Kier alpha value is -3.91. The SMILES string of the molecule is COc1cc(CN(CC2CCC(C(=O)O)CC2)C(C)c2ccc3c(c2)CCO3)ccc1C=CCn1c(O)ccc1O. The van der Waals surface area contributed by atoms with Gasteiger partial charge in [0.2, 0.25) is 0 Å². The molecule has 3 N–H and O–H groups in total. The predicted octanol–water partition coefficient (Wildman–Crippen LogP) is 6.01. The van der Waals surface area contributed by atoms with Gasteiger partial charge in [0.15, 0.2) is 11.8 Å². The van der Waals surface area contributed by atoms with Gasteiger partial charge in [0.25, 0.3) is 0 Å². The lowest BCUT2D eigenvalue weighted by atomic mass is 9.81. The number of carboxylic acids is 1. The number of carboxylic acid groups (broad SMARTS) is 1. The van der Waals surface area contributed by atoms with Gasteiger partial charge in [-0.05, 0) is 67.3 Å². The molecule has 0 spiro atoms. The van der Waals surface area contributed by atoms with Crippen LogP contribution in [-0.2, 0) is 24.3 Å². The molecule has 2 aliphatic rings. The highest BCUT2D eigenvalue weighted by molar-refractivity contribution is 5.70. The molecule has 1 aliphatic heterocycles. The fourth-order valence-corrected chi connectivity index (χ4v) is 6.11. The number of methoxy groups -OCH3 is 1. The van der Waals surface area contributed by atoms with Crippen molar-refractivity contribution in [2.45, 2.75) is 58.2 Å². The van der Waals surface area contributed by atoms with Gasteiger partial charge in [0.05, 0.1) is 19.6 Å². The van der Waals surface area contributed by atoms with E-state index in [9.17, 15) is 20.1 Å². The highest BCUT2D eigenvalue weighted by atomic mass is 16.5. The van der Waals surface area contributed by atoms with Crippen molar-refractivity contribution >= 4 is 12.0 Å². The average Bonchev–Trinajstić information content (AvgIpc) is 3.58. The molecule has 1 unspecified atom stereocenters. The summed E-state index contributed by atoms with van der Waals surface area (Å²) in [5.74, 6) is 1.32. The van der Waals surface area contributed by atoms with E-state index >= 15 is 0 Å². The van der Waals surface area contributed by atoms with E-state index in [-0.39, 0.29) is 23.7 Å². The molecule has 218 valence electrons. The summed E-state index contributed by atoms with van der Waals surface area (Å²) in [7, 11) is 1.66. The van der Waals surface area contributed by atoms with Gasteiger partial charge in [-0.15, -0.1) is 0 Å². The third-order valence-corrected chi connectivity index (χ3v) is 8.64. The first-order valence-corrected chi connectivity index (χ1v) is 14.5. The smallest absolute Gasteiger partial charge is 0.306 e. The van der Waals surface area contributed by atoms with E-state index in [0.717, 1.165) is 74.4 Å². The molecule has 1 saturated carbocycles. The van der Waals surface area contributed by atoms with Gasteiger partial charge in [-0.25, -0.2) is 0 Å². The van der Waals surface area contributed by atoms with Crippen molar-refractivity contribution in [3.05, 3.63) is 76.9 Å². The maximum absolute atomic E-state index is 11.5. The summed E-state index contributed by atoms with van der Waals surface area (Å²) < 4.78 is 12.9. The minimum Gasteiger partial charge on any atom is -0.496 e. The van der Waals surface area contributed by atoms with Crippen LogP contribution in [0.15, 0.2) is 54.6 Å². The summed E-state index contributed by atoms with van der Waals surface area (Å²) in [6.45, 7) is 4.95. The van der Waals surface area contributed by atoms with E-state index in [4.69, 9.17) is 9.47 Å². The van der Waals surface area contributed by atoms with Crippen LogP contribution in [0.3, 0.4) is 0 Å². The first kappa shape index (κ1) is 28.6. The minimum atomic E-state index is -0.669. The number of hydrogen-bond donors (Lipinski definition) is 3. The zero-order valence-electron chi connectivity index (χ0n) is 23.8. The summed E-state index contributed by atoms with van der Waals surface area (Å²) in [4.78, 5) is 14.0. The largest absolute Gasteiger partial charge is 0.496 e. The third-order valence-electron chi connectivity index (χ3n) is 8.64. The van der Waals surface area contributed by atoms with Crippen LogP contribution in [0.5, 0.6) is 23.3 Å². The first-order valence-electron chi connectivity index (χ1n) is 14.5. The van der Waals surface area contributed by atoms with Crippen molar-refractivity contribution in [2.24, 2.45) is 11.8 Å². The second kappa shape index (κ2) is 12.7. The van der Waals surface area contributed by atoms with Crippen molar-refractivity contribution in [3.8, 4) is 23.3 Å². The quantitative estimate of drug-likeness (QED) is 0.264. The zero-order chi connectivity index (χ0) is 28.9. The molecule has 5 rings (SSSR count). The number of aromatic hydroxyl groups is 2. The van der Waals surface area contributed by atoms with E-state index < -0.39 is 5.97 Å². The Bertz CT molecular complexity index is 1370. The summed E-state index contributed by atoms with van der Waals surface area (Å²) in [5.41, 5.74) is 4.56. The number of rotatable bonds is 11. The Kier molecular flexibility index (Phi) is 8.88. The Morgan fingerprint density at radius 3 is 2.56 bits per heavy atom. The number of aromatic nitrogens is 1. The summed E-state index contributed by atoms with van der Waals surface area (Å²) in [5, 5.41) is 29.2. The van der Waals surface area contributed by atoms with Crippen molar-refractivity contribution in [3.63, 3.8) is 0 Å². The second-order valence-corrected chi connectivity index (χ2v) is 11.3. The standard InChI is InChI=1S/C33H40N2O6/c1-22(27-11-12-29-28(19-27)15-17-41-29)34(20-23-5-9-26(10-6-23)33(38)39)21-24-7-8-25(30(18-24)40-2)4-3-16-35-31(36)13-14-32(35)37/h3-4,7-8,11-14,18-19,22-23,26,36-37H,5-6,9-10,15-17,20-21H2,1-2H3,(H,38,39). The fraction of sp³-hybridized carbons (Fsp3) is 0.424. The predicted molar refractivity (Wildman–Crippen MR) is 157 cm³/mol. The van der Waals surface area contributed by atoms with Gasteiger partial charge in [-0.1, -0.05) is 36.4 Å². The van der Waals surface area contributed by atoms with Crippen molar-refractivity contribution in [2.75, 3.05) is 20.3 Å². The van der Waals surface area contributed by atoms with Crippen LogP contribution in [-0.4, -0.2) is 51.0 Å². The minimum absolute atomic E-state index is 0.0102. The number of ether oxygens (including phenoxy) is 2. The molecule has 0 radical (unpaired) electrons. The van der Waals surface area contributed by atoms with E-state index in [1.165, 1.54) is 27.8 Å². The third kappa shape index (κ3) is 6.70. The number of aliphatic carboxylic acids is 1. The molecule has 2 aromatic carbocycles. The normalized spacial score (nSPS) is 19.3. The molecule has 1 atom stereocenters. The molecule has 0 bridgehead atoms. The van der Waals surface area contributed by atoms with Gasteiger partial charge in [0, 0.05) is 49.8 Å². The first-order chi connectivity index (χ1) is 19.8. The molecule has 41 heavy (non-hydrogen) atoms. The van der Waals surface area contributed by atoms with Gasteiger partial charge in [-0.2, -0.15) is 0 Å². The molecule has 1 aromatic heterocycles. The monoisotopic (exact) mass is 560 g/mol. The van der Waals surface area contributed by atoms with Crippen LogP contribution in [0.2, 0.25) is 0 Å². The average molecular weight is 561 g/mol. The molecule has 1 aliphatic carbocycles. The number of allylic oxidation sites excluding steroid dienone is 1. The van der Waals surface area contributed by atoms with Gasteiger partial charge in [-0.3, -0.25) is 14.3 Å². The summed E-state index contributed by atoms with van der Waals surface area (Å²) in [6.07, 6.45) is 8.07. The number of nitrogens with zero attached hydrogens (tertiary/aromatic N) is 2. The summed E-state index contributed by atoms with van der Waals surface area (Å²) in [6, 6.07) is 15.8. The fourth-order valence-electron chi connectivity index (χ4n) is 6.11. The summed E-state index contributed by atoms with van der Waals surface area (Å²) >= 11 is 0. The Labute approximate surface area is 241 Å². The molecule has 1 fully saturated rings. The molecule has 3 aromatic rings. The van der Waals surface area contributed by atoms with E-state index in [1.54, 1.807) is 7.11 Å². The second-order valence-electron chi connectivity index (χ2n) is 11.3. The lowest BCUT2D eigenvalue weighted by molar-refractivity contribution is -0.143. The molecule has 8 nitrogen and oxygen atoms in total. The van der Waals surface area contributed by atoms with E-state index in [1.807, 2.05) is 18.2 Å². The number of hydrogen-bond acceptors (Lipinski definition) is 6. The van der Waals surface area contributed by atoms with Gasteiger partial charge < -0.3 is 24.8 Å². The van der Waals surface area contributed by atoms with E-state index in [2.05, 4.69) is 42.2 Å². The van der Waals surface area contributed by atoms with Crippen LogP contribution in [0.1, 0.15) is 60.9 Å². The Morgan fingerprint density at radius 2 is 1.85 bits per heavy atom. The van der Waals surface area contributed by atoms with Crippen LogP contribution in [0.25, 0.3) is 6.08 Å². The van der Waals surface area contributed by atoms with Crippen LogP contribution in [0, 0.1) is 11.8 Å². The van der Waals surface area contributed by atoms with Crippen molar-refractivity contribution < 1.29 is 29.6 Å².